The van der Waals surface area contributed by atoms with Crippen LogP contribution in [0.5, 0.6) is 0 Å². The van der Waals surface area contributed by atoms with E-state index in [0.29, 0.717) is 0 Å². The van der Waals surface area contributed by atoms with Gasteiger partial charge < -0.3 is 10.3 Å². The normalized spacial score (nSPS) is 14.3. The number of imidazole rings is 1. The summed E-state index contributed by atoms with van der Waals surface area (Å²) in [5, 5.41) is 3.43. The summed E-state index contributed by atoms with van der Waals surface area (Å²) in [5.74, 6) is 0. The fraction of sp³-hybridized carbons (Fsp3) is 0.278. The molecule has 0 radical (unpaired) electrons. The van der Waals surface area contributed by atoms with Crippen molar-refractivity contribution in [2.24, 2.45) is 7.05 Å². The fourth-order valence-corrected chi connectivity index (χ4v) is 3.36. The first-order chi connectivity index (χ1) is 10.6. The zero-order chi connectivity index (χ0) is 15.3. The number of aromatic nitrogens is 2. The molecular weight excluding hydrogens is 274 g/mol. The van der Waals surface area contributed by atoms with Crippen LogP contribution in [-0.4, -0.2) is 16.1 Å². The highest BCUT2D eigenvalue weighted by molar-refractivity contribution is 5.83. The second kappa shape index (κ2) is 4.85. The third-order valence-electron chi connectivity index (χ3n) is 4.65. The molecule has 0 fully saturated rings. The maximum absolute atomic E-state index is 11.7. The lowest BCUT2D eigenvalue weighted by molar-refractivity contribution is 0.643. The van der Waals surface area contributed by atoms with E-state index in [2.05, 4.69) is 41.5 Å². The van der Waals surface area contributed by atoms with Gasteiger partial charge in [0.25, 0.3) is 0 Å². The Kier molecular flexibility index (Phi) is 2.94. The van der Waals surface area contributed by atoms with Crippen LogP contribution in [0.15, 0.2) is 35.1 Å². The van der Waals surface area contributed by atoms with Crippen LogP contribution in [0.4, 0.5) is 0 Å². The van der Waals surface area contributed by atoms with Gasteiger partial charge in [0.1, 0.15) is 0 Å². The highest BCUT2D eigenvalue weighted by atomic mass is 16.1. The molecule has 22 heavy (non-hydrogen) atoms. The van der Waals surface area contributed by atoms with Crippen molar-refractivity contribution in [2.45, 2.75) is 19.9 Å². The number of rotatable bonds is 1. The Hall–Kier alpha value is -2.33. The summed E-state index contributed by atoms with van der Waals surface area (Å²) < 4.78 is 1.66. The van der Waals surface area contributed by atoms with E-state index in [1.54, 1.807) is 11.6 Å². The van der Waals surface area contributed by atoms with Crippen molar-refractivity contribution in [3.8, 4) is 11.1 Å². The molecule has 0 bridgehead atoms. The smallest absolute Gasteiger partial charge is 0.312 e. The van der Waals surface area contributed by atoms with Crippen LogP contribution in [0.25, 0.3) is 22.2 Å². The van der Waals surface area contributed by atoms with Gasteiger partial charge in [-0.05, 0) is 65.9 Å². The molecule has 2 N–H and O–H groups in total. The lowest BCUT2D eigenvalue weighted by Crippen LogP contribution is -2.23. The van der Waals surface area contributed by atoms with Gasteiger partial charge in [-0.2, -0.15) is 0 Å². The third-order valence-corrected chi connectivity index (χ3v) is 4.65. The molecule has 4 heteroatoms. The molecule has 0 saturated carbocycles. The Balaban J connectivity index is 1.91. The molecule has 0 aliphatic carbocycles. The molecule has 1 aromatic heterocycles. The van der Waals surface area contributed by atoms with Gasteiger partial charge >= 0.3 is 5.69 Å². The van der Waals surface area contributed by atoms with Crippen molar-refractivity contribution in [2.75, 3.05) is 6.54 Å². The number of hydrogen-bond donors (Lipinski definition) is 2. The first-order valence-electron chi connectivity index (χ1n) is 7.66. The Bertz CT molecular complexity index is 933. The molecule has 0 unspecified atom stereocenters. The Morgan fingerprint density at radius 1 is 1.14 bits per heavy atom. The number of aryl methyl sites for hydroxylation is 2. The van der Waals surface area contributed by atoms with Crippen molar-refractivity contribution in [3.63, 3.8) is 0 Å². The van der Waals surface area contributed by atoms with Crippen LogP contribution in [0.1, 0.15) is 16.7 Å². The molecule has 3 aromatic rings. The van der Waals surface area contributed by atoms with Crippen LogP contribution in [0.3, 0.4) is 0 Å². The number of aromatic amines is 1. The summed E-state index contributed by atoms with van der Waals surface area (Å²) >= 11 is 0. The lowest BCUT2D eigenvalue weighted by Gasteiger charge is -2.20. The molecular formula is C18H19N3O. The zero-order valence-electron chi connectivity index (χ0n) is 12.9. The first kappa shape index (κ1) is 13.3. The number of H-pyrrole nitrogens is 1. The largest absolute Gasteiger partial charge is 0.326 e. The third kappa shape index (κ3) is 1.99. The number of nitrogens with one attached hydrogen (secondary N) is 2. The maximum atomic E-state index is 11.7. The summed E-state index contributed by atoms with van der Waals surface area (Å²) in [6.07, 6.45) is 1.10. The van der Waals surface area contributed by atoms with Gasteiger partial charge in [-0.1, -0.05) is 12.1 Å². The van der Waals surface area contributed by atoms with Gasteiger partial charge in [0.05, 0.1) is 11.0 Å². The molecule has 1 aliphatic heterocycles. The van der Waals surface area contributed by atoms with Crippen LogP contribution < -0.4 is 11.0 Å². The minimum Gasteiger partial charge on any atom is -0.312 e. The van der Waals surface area contributed by atoms with Crippen LogP contribution in [0, 0.1) is 6.92 Å². The van der Waals surface area contributed by atoms with E-state index < -0.39 is 0 Å². The summed E-state index contributed by atoms with van der Waals surface area (Å²) in [6, 6.07) is 10.8. The van der Waals surface area contributed by atoms with Gasteiger partial charge in [-0.25, -0.2) is 4.79 Å². The standard InChI is InChI=1S/C18H19N3O/c1-11-7-12-5-6-19-10-14(12)8-15(11)13-3-4-16-17(9-13)21(2)18(22)20-16/h3-4,7-9,19H,5-6,10H2,1-2H3,(H,20,22). The number of hydrogen-bond acceptors (Lipinski definition) is 2. The molecule has 112 valence electrons. The summed E-state index contributed by atoms with van der Waals surface area (Å²) in [4.78, 5) is 14.6. The SMILES string of the molecule is Cc1cc2c(cc1-c1ccc3[nH]c(=O)n(C)c3c1)CNCC2. The van der Waals surface area contributed by atoms with Crippen molar-refractivity contribution in [1.82, 2.24) is 14.9 Å². The molecule has 4 nitrogen and oxygen atoms in total. The van der Waals surface area contributed by atoms with E-state index in [-0.39, 0.29) is 5.69 Å². The number of nitrogens with zero attached hydrogens (tertiary/aromatic N) is 1. The zero-order valence-corrected chi connectivity index (χ0v) is 12.9. The molecule has 2 heterocycles. The van der Waals surface area contributed by atoms with E-state index >= 15 is 0 Å². The molecule has 0 amide bonds. The fourth-order valence-electron chi connectivity index (χ4n) is 3.36. The highest BCUT2D eigenvalue weighted by Crippen LogP contribution is 2.29. The van der Waals surface area contributed by atoms with E-state index in [9.17, 15) is 4.79 Å². The second-order valence-electron chi connectivity index (χ2n) is 6.08. The van der Waals surface area contributed by atoms with Gasteiger partial charge in [0, 0.05) is 13.6 Å². The second-order valence-corrected chi connectivity index (χ2v) is 6.08. The summed E-state index contributed by atoms with van der Waals surface area (Å²) in [5.41, 5.74) is 8.29. The molecule has 1 aliphatic rings. The average Bonchev–Trinajstić information content (AvgIpc) is 2.81. The predicted octanol–water partition coefficient (Wildman–Crippen LogP) is 2.49. The number of benzene rings is 2. The lowest BCUT2D eigenvalue weighted by atomic mass is 9.91. The van der Waals surface area contributed by atoms with E-state index in [0.717, 1.165) is 36.1 Å². The molecule has 0 spiro atoms. The van der Waals surface area contributed by atoms with Crippen LogP contribution in [-0.2, 0) is 20.0 Å². The van der Waals surface area contributed by atoms with Crippen molar-refractivity contribution >= 4 is 11.0 Å². The van der Waals surface area contributed by atoms with E-state index in [1.165, 1.54) is 22.3 Å². The van der Waals surface area contributed by atoms with Gasteiger partial charge in [-0.15, -0.1) is 0 Å². The maximum Gasteiger partial charge on any atom is 0.326 e. The highest BCUT2D eigenvalue weighted by Gasteiger charge is 2.13. The molecule has 0 saturated heterocycles. The Labute approximate surface area is 128 Å². The van der Waals surface area contributed by atoms with Gasteiger partial charge in [0.15, 0.2) is 0 Å². The average molecular weight is 293 g/mol. The summed E-state index contributed by atoms with van der Waals surface area (Å²) in [7, 11) is 1.80. The van der Waals surface area contributed by atoms with E-state index in [4.69, 9.17) is 0 Å². The van der Waals surface area contributed by atoms with Crippen molar-refractivity contribution in [3.05, 3.63) is 57.5 Å². The molecule has 2 aromatic carbocycles. The Morgan fingerprint density at radius 3 is 2.86 bits per heavy atom. The molecule has 0 atom stereocenters. The van der Waals surface area contributed by atoms with Gasteiger partial charge in [0.2, 0.25) is 0 Å². The molecule has 4 rings (SSSR count). The first-order valence-corrected chi connectivity index (χ1v) is 7.66. The van der Waals surface area contributed by atoms with Gasteiger partial charge in [-0.3, -0.25) is 4.57 Å². The van der Waals surface area contributed by atoms with Crippen molar-refractivity contribution in [1.29, 1.82) is 0 Å². The summed E-state index contributed by atoms with van der Waals surface area (Å²) in [6.45, 7) is 4.16. The Morgan fingerprint density at radius 2 is 2.00 bits per heavy atom. The van der Waals surface area contributed by atoms with Crippen LogP contribution >= 0.6 is 0 Å². The monoisotopic (exact) mass is 293 g/mol. The van der Waals surface area contributed by atoms with Crippen LogP contribution in [0.2, 0.25) is 0 Å². The predicted molar refractivity (Wildman–Crippen MR) is 89.1 cm³/mol. The van der Waals surface area contributed by atoms with Crippen molar-refractivity contribution < 1.29 is 0 Å². The number of fused-ring (bicyclic) bond motifs is 2. The topological polar surface area (TPSA) is 49.8 Å². The quantitative estimate of drug-likeness (QED) is 0.724. The minimum atomic E-state index is -0.0708. The minimum absolute atomic E-state index is 0.0708. The van der Waals surface area contributed by atoms with E-state index in [1.807, 2.05) is 6.07 Å².